The van der Waals surface area contributed by atoms with Crippen LogP contribution < -0.4 is 15.0 Å². The van der Waals surface area contributed by atoms with Gasteiger partial charge >= 0.3 is 0 Å². The minimum absolute atomic E-state index is 0.0882. The van der Waals surface area contributed by atoms with Gasteiger partial charge in [0.25, 0.3) is 5.56 Å². The van der Waals surface area contributed by atoms with Crippen LogP contribution in [-0.4, -0.2) is 56.1 Å². The van der Waals surface area contributed by atoms with Crippen molar-refractivity contribution in [3.05, 3.63) is 75.8 Å². The fourth-order valence-corrected chi connectivity index (χ4v) is 5.25. The first-order chi connectivity index (χ1) is 18.2. The molecule has 2 aromatic heterocycles. The van der Waals surface area contributed by atoms with Gasteiger partial charge in [-0.25, -0.2) is 4.68 Å². The second-order valence-corrected chi connectivity index (χ2v) is 9.59. The molecule has 192 valence electrons. The Morgan fingerprint density at radius 3 is 2.78 bits per heavy atom. The highest BCUT2D eigenvalue weighted by Crippen LogP contribution is 2.35. The van der Waals surface area contributed by atoms with E-state index < -0.39 is 0 Å². The average molecular weight is 503 g/mol. The summed E-state index contributed by atoms with van der Waals surface area (Å²) < 4.78 is 18.9. The van der Waals surface area contributed by atoms with Crippen LogP contribution in [0.25, 0.3) is 10.9 Å². The first kappa shape index (κ1) is 23.6. The van der Waals surface area contributed by atoms with E-state index in [0.717, 1.165) is 48.2 Å². The van der Waals surface area contributed by atoms with Gasteiger partial charge in [-0.3, -0.25) is 9.69 Å². The van der Waals surface area contributed by atoms with E-state index in [1.165, 1.54) is 0 Å². The summed E-state index contributed by atoms with van der Waals surface area (Å²) in [6.07, 6.45) is 2.94. The van der Waals surface area contributed by atoms with Crippen LogP contribution >= 0.6 is 0 Å². The molecule has 0 unspecified atom stereocenters. The molecule has 0 bridgehead atoms. The number of nitrogens with zero attached hydrogens (tertiary/aromatic N) is 5. The van der Waals surface area contributed by atoms with Gasteiger partial charge in [0, 0.05) is 36.7 Å². The maximum Gasteiger partial charge on any atom is 0.252 e. The quantitative estimate of drug-likeness (QED) is 0.371. The van der Waals surface area contributed by atoms with Gasteiger partial charge in [0.05, 0.1) is 24.2 Å². The van der Waals surface area contributed by atoms with Crippen LogP contribution in [-0.2, 0) is 17.8 Å². The monoisotopic (exact) mass is 502 g/mol. The number of ether oxygens (including phenoxy) is 3. The maximum atomic E-state index is 13.2. The number of tetrazole rings is 1. The Morgan fingerprint density at radius 2 is 2.00 bits per heavy atom. The molecule has 4 aromatic rings. The Hall–Kier alpha value is -3.76. The molecule has 1 fully saturated rings. The number of pyridine rings is 1. The summed E-state index contributed by atoms with van der Waals surface area (Å²) in [5, 5.41) is 13.6. The van der Waals surface area contributed by atoms with Gasteiger partial charge in [-0.05, 0) is 47.4 Å². The molecule has 10 nitrogen and oxygen atoms in total. The zero-order valence-corrected chi connectivity index (χ0v) is 20.8. The van der Waals surface area contributed by atoms with Gasteiger partial charge in [0.2, 0.25) is 6.79 Å². The zero-order chi connectivity index (χ0) is 25.2. The minimum Gasteiger partial charge on any atom is -0.454 e. The fourth-order valence-electron chi connectivity index (χ4n) is 5.25. The molecule has 10 heteroatoms. The second-order valence-electron chi connectivity index (χ2n) is 9.59. The summed E-state index contributed by atoms with van der Waals surface area (Å²) in [6, 6.07) is 15.7. The molecule has 2 aromatic carbocycles. The third-order valence-corrected chi connectivity index (χ3v) is 7.11. The number of fused-ring (bicyclic) bond motifs is 2. The van der Waals surface area contributed by atoms with E-state index in [9.17, 15) is 4.79 Å². The summed E-state index contributed by atoms with van der Waals surface area (Å²) in [5.74, 6) is 2.12. The number of nitrogens with one attached hydrogen (secondary N) is 1. The Bertz CT molecular complexity index is 1430. The summed E-state index contributed by atoms with van der Waals surface area (Å²) in [7, 11) is 0. The first-order valence-electron chi connectivity index (χ1n) is 12.8. The predicted octanol–water partition coefficient (Wildman–Crippen LogP) is 3.42. The predicted molar refractivity (Wildman–Crippen MR) is 136 cm³/mol. The molecule has 1 saturated heterocycles. The fraction of sp³-hybridized carbons (Fsp3) is 0.407. The summed E-state index contributed by atoms with van der Waals surface area (Å²) in [6.45, 7) is 4.79. The molecule has 4 heterocycles. The number of aromatic amines is 1. The molecule has 0 aliphatic carbocycles. The Kier molecular flexibility index (Phi) is 6.58. The van der Waals surface area contributed by atoms with Crippen LogP contribution in [0.3, 0.4) is 0 Å². The van der Waals surface area contributed by atoms with E-state index in [2.05, 4.69) is 44.5 Å². The second kappa shape index (κ2) is 10.3. The van der Waals surface area contributed by atoms with Crippen LogP contribution in [0.15, 0.2) is 53.3 Å². The molecule has 6 rings (SSSR count). The molecule has 1 N–H and O–H groups in total. The lowest BCUT2D eigenvalue weighted by atomic mass is 10.1. The first-order valence-corrected chi connectivity index (χ1v) is 12.8. The number of hydrogen-bond acceptors (Lipinski definition) is 8. The molecule has 2 aliphatic heterocycles. The number of rotatable bonds is 9. The van der Waals surface area contributed by atoms with Crippen molar-refractivity contribution in [1.29, 1.82) is 0 Å². The molecule has 0 amide bonds. The smallest absolute Gasteiger partial charge is 0.252 e. The molecule has 0 saturated carbocycles. The summed E-state index contributed by atoms with van der Waals surface area (Å²) in [4.78, 5) is 18.5. The van der Waals surface area contributed by atoms with Crippen molar-refractivity contribution in [2.24, 2.45) is 0 Å². The topological polar surface area (TPSA) is 107 Å². The van der Waals surface area contributed by atoms with Crippen molar-refractivity contribution in [3.63, 3.8) is 0 Å². The van der Waals surface area contributed by atoms with E-state index in [0.29, 0.717) is 36.7 Å². The molecular formula is C27H30N6O4. The highest BCUT2D eigenvalue weighted by Gasteiger charge is 2.29. The highest BCUT2D eigenvalue weighted by atomic mass is 16.7. The Labute approximate surface area is 214 Å². The van der Waals surface area contributed by atoms with Crippen LogP contribution in [0.4, 0.5) is 0 Å². The number of aromatic nitrogens is 5. The third kappa shape index (κ3) is 4.94. The minimum atomic E-state index is -0.123. The van der Waals surface area contributed by atoms with Gasteiger partial charge < -0.3 is 19.2 Å². The van der Waals surface area contributed by atoms with Gasteiger partial charge in [-0.2, -0.15) is 0 Å². The van der Waals surface area contributed by atoms with E-state index >= 15 is 0 Å². The van der Waals surface area contributed by atoms with Crippen LogP contribution in [0.1, 0.15) is 49.2 Å². The normalized spacial score (nSPS) is 17.6. The van der Waals surface area contributed by atoms with Crippen molar-refractivity contribution in [2.75, 3.05) is 19.9 Å². The van der Waals surface area contributed by atoms with Crippen molar-refractivity contribution < 1.29 is 14.2 Å². The number of hydrogen-bond donors (Lipinski definition) is 1. The van der Waals surface area contributed by atoms with Crippen molar-refractivity contribution in [2.45, 2.75) is 51.4 Å². The summed E-state index contributed by atoms with van der Waals surface area (Å²) >= 11 is 0. The Morgan fingerprint density at radius 1 is 1.16 bits per heavy atom. The average Bonchev–Trinajstić information content (AvgIpc) is 3.68. The largest absolute Gasteiger partial charge is 0.454 e. The van der Waals surface area contributed by atoms with E-state index in [1.54, 1.807) is 0 Å². The van der Waals surface area contributed by atoms with E-state index in [-0.39, 0.29) is 24.5 Å². The molecular weight excluding hydrogens is 472 g/mol. The van der Waals surface area contributed by atoms with Crippen molar-refractivity contribution in [1.82, 2.24) is 30.1 Å². The Balaban J connectivity index is 1.33. The van der Waals surface area contributed by atoms with Crippen LogP contribution in [0.2, 0.25) is 0 Å². The van der Waals surface area contributed by atoms with Crippen LogP contribution in [0, 0.1) is 0 Å². The molecule has 2 aliphatic rings. The lowest BCUT2D eigenvalue weighted by Crippen LogP contribution is -2.37. The third-order valence-electron chi connectivity index (χ3n) is 7.11. The van der Waals surface area contributed by atoms with Crippen molar-refractivity contribution in [3.8, 4) is 11.5 Å². The van der Waals surface area contributed by atoms with Crippen LogP contribution in [0.5, 0.6) is 11.5 Å². The van der Waals surface area contributed by atoms with Gasteiger partial charge in [-0.15, -0.1) is 5.10 Å². The molecule has 2 atom stereocenters. The van der Waals surface area contributed by atoms with Gasteiger partial charge in [0.1, 0.15) is 0 Å². The van der Waals surface area contributed by atoms with E-state index in [4.69, 9.17) is 14.2 Å². The van der Waals surface area contributed by atoms with Gasteiger partial charge in [-0.1, -0.05) is 37.3 Å². The lowest BCUT2D eigenvalue weighted by Gasteiger charge is -2.32. The maximum absolute atomic E-state index is 13.2. The number of benzene rings is 2. The molecule has 37 heavy (non-hydrogen) atoms. The molecule has 0 spiro atoms. The van der Waals surface area contributed by atoms with Gasteiger partial charge in [0.15, 0.2) is 17.3 Å². The molecule has 0 radical (unpaired) electrons. The standard InChI is InChI=1S/C27H30N6O4/c1-2-23(26-29-30-31-33(26)14-18-7-4-3-5-8-18)32(16-21-9-6-10-35-21)15-20-11-19-12-24-25(37-17-36-24)13-22(19)28-27(20)34/h3-5,7-8,11-13,21,23H,2,6,9-10,14-17H2,1H3,(H,28,34)/t21-,23-/m0/s1. The van der Waals surface area contributed by atoms with E-state index in [1.807, 2.05) is 41.1 Å². The lowest BCUT2D eigenvalue weighted by molar-refractivity contribution is 0.0489. The van der Waals surface area contributed by atoms with Crippen molar-refractivity contribution >= 4 is 10.9 Å². The zero-order valence-electron chi connectivity index (χ0n) is 20.8. The number of H-pyrrole nitrogens is 1. The highest BCUT2D eigenvalue weighted by molar-refractivity contribution is 5.83. The SMILES string of the molecule is CC[C@@H](c1nnnn1Cc1ccccc1)N(Cc1cc2cc3c(cc2[nH]c1=O)OCO3)C[C@@H]1CCCO1. The summed E-state index contributed by atoms with van der Waals surface area (Å²) in [5.41, 5.74) is 2.40.